The quantitative estimate of drug-likeness (QED) is 0.684. The fourth-order valence-corrected chi connectivity index (χ4v) is 4.18. The standard InChI is InChI=1S/C25H26N2O3/c1-30-23-14-8-6-12-20(23)21-15-25(29)27(22-13-7-5-11-19(21)22)17-24(28)26-16-18-9-3-2-4-10-18/h2-4,6,8-10,12,14-15H,5,7,11,13,16-17H2,1H3,(H,26,28). The highest BCUT2D eigenvalue weighted by atomic mass is 16.5. The summed E-state index contributed by atoms with van der Waals surface area (Å²) in [6, 6.07) is 19.2. The second-order valence-electron chi connectivity index (χ2n) is 7.58. The Kier molecular flexibility index (Phi) is 5.98. The van der Waals surface area contributed by atoms with Crippen molar-refractivity contribution in [3.63, 3.8) is 0 Å². The van der Waals surface area contributed by atoms with Gasteiger partial charge in [-0.3, -0.25) is 9.59 Å². The number of pyridine rings is 1. The maximum atomic E-state index is 13.0. The smallest absolute Gasteiger partial charge is 0.251 e. The van der Waals surface area contributed by atoms with Crippen molar-refractivity contribution in [1.82, 2.24) is 9.88 Å². The van der Waals surface area contributed by atoms with E-state index in [1.165, 1.54) is 0 Å². The average Bonchev–Trinajstić information content (AvgIpc) is 2.80. The second-order valence-corrected chi connectivity index (χ2v) is 7.58. The SMILES string of the molecule is COc1ccccc1-c1cc(=O)n(CC(=O)NCc2ccccc2)c2c1CCCC2. The van der Waals surface area contributed by atoms with E-state index in [1.54, 1.807) is 17.7 Å². The van der Waals surface area contributed by atoms with Crippen LogP contribution in [0.25, 0.3) is 11.1 Å². The van der Waals surface area contributed by atoms with E-state index < -0.39 is 0 Å². The third-order valence-electron chi connectivity index (χ3n) is 5.65. The minimum absolute atomic E-state index is 0.0419. The number of rotatable bonds is 6. The molecule has 0 saturated heterocycles. The van der Waals surface area contributed by atoms with Crippen molar-refractivity contribution in [2.75, 3.05) is 7.11 Å². The lowest BCUT2D eigenvalue weighted by atomic mass is 9.88. The molecule has 0 unspecified atom stereocenters. The van der Waals surface area contributed by atoms with Crippen LogP contribution in [0.4, 0.5) is 0 Å². The lowest BCUT2D eigenvalue weighted by molar-refractivity contribution is -0.121. The van der Waals surface area contributed by atoms with Gasteiger partial charge in [0.25, 0.3) is 5.56 Å². The van der Waals surface area contributed by atoms with E-state index in [0.717, 1.165) is 59.4 Å². The molecule has 1 aliphatic rings. The van der Waals surface area contributed by atoms with Gasteiger partial charge in [-0.2, -0.15) is 0 Å². The molecule has 4 rings (SSSR count). The molecule has 0 saturated carbocycles. The molecule has 0 atom stereocenters. The molecular weight excluding hydrogens is 376 g/mol. The van der Waals surface area contributed by atoms with Gasteiger partial charge in [-0.05, 0) is 48.4 Å². The number of ether oxygens (including phenoxy) is 1. The van der Waals surface area contributed by atoms with E-state index >= 15 is 0 Å². The first-order valence-corrected chi connectivity index (χ1v) is 10.4. The fraction of sp³-hybridized carbons (Fsp3) is 0.280. The first-order chi connectivity index (χ1) is 14.7. The lowest BCUT2D eigenvalue weighted by Gasteiger charge is -2.24. The Balaban J connectivity index is 1.65. The number of aromatic nitrogens is 1. The van der Waals surface area contributed by atoms with Crippen LogP contribution in [-0.4, -0.2) is 17.6 Å². The summed E-state index contributed by atoms with van der Waals surface area (Å²) in [6.45, 7) is 0.496. The van der Waals surface area contributed by atoms with Crippen molar-refractivity contribution in [3.05, 3.63) is 87.8 Å². The van der Waals surface area contributed by atoms with E-state index in [4.69, 9.17) is 4.74 Å². The highest BCUT2D eigenvalue weighted by Gasteiger charge is 2.22. The first kappa shape index (κ1) is 20.0. The van der Waals surface area contributed by atoms with Crippen molar-refractivity contribution in [2.24, 2.45) is 0 Å². The van der Waals surface area contributed by atoms with Gasteiger partial charge in [0.2, 0.25) is 5.91 Å². The molecule has 1 amide bonds. The molecule has 0 radical (unpaired) electrons. The van der Waals surface area contributed by atoms with Crippen molar-refractivity contribution < 1.29 is 9.53 Å². The van der Waals surface area contributed by atoms with Crippen LogP contribution in [0.15, 0.2) is 65.5 Å². The number of fused-ring (bicyclic) bond motifs is 1. The number of benzene rings is 2. The second kappa shape index (κ2) is 8.99. The topological polar surface area (TPSA) is 60.3 Å². The van der Waals surface area contributed by atoms with E-state index in [1.807, 2.05) is 54.6 Å². The Morgan fingerprint density at radius 2 is 1.73 bits per heavy atom. The molecule has 5 nitrogen and oxygen atoms in total. The van der Waals surface area contributed by atoms with Gasteiger partial charge in [-0.15, -0.1) is 0 Å². The van der Waals surface area contributed by atoms with Gasteiger partial charge >= 0.3 is 0 Å². The number of hydrogen-bond acceptors (Lipinski definition) is 3. The molecule has 1 aliphatic carbocycles. The number of para-hydroxylation sites is 1. The van der Waals surface area contributed by atoms with Crippen LogP contribution in [0.1, 0.15) is 29.7 Å². The summed E-state index contributed by atoms with van der Waals surface area (Å²) in [7, 11) is 1.64. The van der Waals surface area contributed by atoms with E-state index in [0.29, 0.717) is 6.54 Å². The summed E-state index contributed by atoms with van der Waals surface area (Å²) < 4.78 is 7.17. The van der Waals surface area contributed by atoms with Crippen LogP contribution in [0.3, 0.4) is 0 Å². The average molecular weight is 402 g/mol. The maximum absolute atomic E-state index is 13.0. The number of nitrogens with one attached hydrogen (secondary N) is 1. The Hall–Kier alpha value is -3.34. The highest BCUT2D eigenvalue weighted by molar-refractivity contribution is 5.77. The number of carbonyl (C=O) groups is 1. The van der Waals surface area contributed by atoms with Crippen LogP contribution < -0.4 is 15.6 Å². The summed E-state index contributed by atoms with van der Waals surface area (Å²) in [5.41, 5.74) is 4.87. The van der Waals surface area contributed by atoms with Crippen molar-refractivity contribution >= 4 is 5.91 Å². The molecule has 2 aromatic carbocycles. The van der Waals surface area contributed by atoms with Crippen molar-refractivity contribution in [1.29, 1.82) is 0 Å². The molecule has 1 aromatic heterocycles. The molecule has 0 bridgehead atoms. The molecule has 0 fully saturated rings. The normalized spacial score (nSPS) is 12.8. The van der Waals surface area contributed by atoms with Crippen LogP contribution in [0.5, 0.6) is 5.75 Å². The zero-order valence-electron chi connectivity index (χ0n) is 17.2. The van der Waals surface area contributed by atoms with Crippen molar-refractivity contribution in [3.8, 4) is 16.9 Å². The lowest BCUT2D eigenvalue weighted by Crippen LogP contribution is -2.35. The molecule has 5 heteroatoms. The van der Waals surface area contributed by atoms with Gasteiger partial charge in [0, 0.05) is 23.9 Å². The molecule has 1 N–H and O–H groups in total. The molecule has 1 heterocycles. The van der Waals surface area contributed by atoms with Crippen molar-refractivity contribution in [2.45, 2.75) is 38.8 Å². The van der Waals surface area contributed by atoms with Crippen LogP contribution in [0.2, 0.25) is 0 Å². The van der Waals surface area contributed by atoms with Crippen LogP contribution >= 0.6 is 0 Å². The summed E-state index contributed by atoms with van der Waals surface area (Å²) >= 11 is 0. The predicted octanol–water partition coefficient (Wildman–Crippen LogP) is 3.72. The minimum Gasteiger partial charge on any atom is -0.496 e. The maximum Gasteiger partial charge on any atom is 0.251 e. The molecule has 3 aromatic rings. The Bertz CT molecular complexity index is 1100. The van der Waals surface area contributed by atoms with Gasteiger partial charge in [-0.1, -0.05) is 48.5 Å². The number of hydrogen-bond donors (Lipinski definition) is 1. The predicted molar refractivity (Wildman–Crippen MR) is 118 cm³/mol. The van der Waals surface area contributed by atoms with E-state index in [9.17, 15) is 9.59 Å². The summed E-state index contributed by atoms with van der Waals surface area (Å²) in [5, 5.41) is 2.93. The fourth-order valence-electron chi connectivity index (χ4n) is 4.18. The molecule has 30 heavy (non-hydrogen) atoms. The Morgan fingerprint density at radius 3 is 2.53 bits per heavy atom. The van der Waals surface area contributed by atoms with Gasteiger partial charge < -0.3 is 14.6 Å². The molecular formula is C25H26N2O3. The third-order valence-corrected chi connectivity index (χ3v) is 5.65. The number of nitrogens with zero attached hydrogens (tertiary/aromatic N) is 1. The molecule has 0 aliphatic heterocycles. The summed E-state index contributed by atoms with van der Waals surface area (Å²) in [6.07, 6.45) is 3.80. The Labute approximate surface area is 176 Å². The number of amides is 1. The monoisotopic (exact) mass is 402 g/mol. The first-order valence-electron chi connectivity index (χ1n) is 10.4. The number of methoxy groups -OCH3 is 1. The third kappa shape index (κ3) is 4.15. The highest BCUT2D eigenvalue weighted by Crippen LogP contribution is 2.35. The molecule has 154 valence electrons. The van der Waals surface area contributed by atoms with Crippen LogP contribution in [-0.2, 0) is 30.7 Å². The Morgan fingerprint density at radius 1 is 1.00 bits per heavy atom. The molecule has 0 spiro atoms. The van der Waals surface area contributed by atoms with Gasteiger partial charge in [0.05, 0.1) is 7.11 Å². The van der Waals surface area contributed by atoms with Gasteiger partial charge in [-0.25, -0.2) is 0 Å². The number of carbonyl (C=O) groups excluding carboxylic acids is 1. The largest absolute Gasteiger partial charge is 0.496 e. The summed E-state index contributed by atoms with van der Waals surface area (Å²) in [5.74, 6) is 0.599. The zero-order valence-corrected chi connectivity index (χ0v) is 17.2. The zero-order chi connectivity index (χ0) is 20.9. The minimum atomic E-state index is -0.154. The van der Waals surface area contributed by atoms with E-state index in [2.05, 4.69) is 5.32 Å². The van der Waals surface area contributed by atoms with Crippen LogP contribution in [0, 0.1) is 0 Å². The van der Waals surface area contributed by atoms with E-state index in [-0.39, 0.29) is 18.0 Å². The summed E-state index contributed by atoms with van der Waals surface area (Å²) in [4.78, 5) is 25.6. The van der Waals surface area contributed by atoms with Gasteiger partial charge in [0.15, 0.2) is 0 Å². The van der Waals surface area contributed by atoms with Gasteiger partial charge in [0.1, 0.15) is 12.3 Å².